The highest BCUT2D eigenvalue weighted by atomic mass is 127. The number of carbonyl (C=O) groups is 1. The molecule has 0 atom stereocenters. The quantitative estimate of drug-likeness (QED) is 0.403. The summed E-state index contributed by atoms with van der Waals surface area (Å²) in [5.41, 5.74) is 0. The summed E-state index contributed by atoms with van der Waals surface area (Å²) in [5, 5.41) is 9.26. The minimum Gasteiger partial charge on any atom is -0.550 e. The SMILES string of the molecule is CCC(=O)[O-].[IH2+]. The third kappa shape index (κ3) is 8.89. The molecule has 0 heterocycles. The van der Waals surface area contributed by atoms with Crippen LogP contribution in [0.3, 0.4) is 0 Å². The lowest BCUT2D eigenvalue weighted by molar-refractivity contribution is -0.305. The molecule has 3 heteroatoms. The van der Waals surface area contributed by atoms with Gasteiger partial charge in [-0.3, -0.25) is 0 Å². The predicted molar refractivity (Wildman–Crippen MR) is 18.1 cm³/mol. The van der Waals surface area contributed by atoms with Crippen LogP contribution in [0, 0.1) is 0 Å². The molecule has 0 aliphatic rings. The summed E-state index contributed by atoms with van der Waals surface area (Å²) in [5.74, 6) is -0.995. The van der Waals surface area contributed by atoms with E-state index in [2.05, 4.69) is 0 Å². The van der Waals surface area contributed by atoms with Gasteiger partial charge in [-0.1, -0.05) is 6.92 Å². The van der Waals surface area contributed by atoms with Crippen LogP contribution in [-0.2, 0) is 4.79 Å². The molecule has 0 radical (unpaired) electrons. The van der Waals surface area contributed by atoms with E-state index in [0.29, 0.717) is 0 Å². The first kappa shape index (κ1) is 9.50. The van der Waals surface area contributed by atoms with Crippen molar-refractivity contribution < 1.29 is 33.9 Å². The van der Waals surface area contributed by atoms with Gasteiger partial charge in [-0.05, 0) is 6.42 Å². The van der Waals surface area contributed by atoms with Crippen molar-refractivity contribution in [2.75, 3.05) is 0 Å². The summed E-state index contributed by atoms with van der Waals surface area (Å²) in [6.07, 6.45) is 0.111. The van der Waals surface area contributed by atoms with Gasteiger partial charge < -0.3 is 9.90 Å². The lowest BCUT2D eigenvalue weighted by Crippen LogP contribution is -3.00. The van der Waals surface area contributed by atoms with Crippen LogP contribution in [0.2, 0.25) is 0 Å². The molecule has 0 amide bonds. The maximum absolute atomic E-state index is 9.26. The largest absolute Gasteiger partial charge is 0.550 e. The fourth-order valence-electron chi connectivity index (χ4n) is 0. The third-order valence-corrected chi connectivity index (χ3v) is 0.289. The van der Waals surface area contributed by atoms with Crippen LogP contribution in [0.25, 0.3) is 0 Å². The normalized spacial score (nSPS) is 6.17. The number of hydrogen-bond donors (Lipinski definition) is 0. The number of halogens is 1. The predicted octanol–water partition coefficient (Wildman–Crippen LogP) is -4.39. The fraction of sp³-hybridized carbons (Fsp3) is 0.667. The average Bonchev–Trinajstić information content (AvgIpc) is 1.38. The first-order chi connectivity index (χ1) is 2.27. The van der Waals surface area contributed by atoms with Gasteiger partial charge in [0.05, 0.1) is 0 Å². The molecule has 2 nitrogen and oxygen atoms in total. The first-order valence-corrected chi connectivity index (χ1v) is 1.47. The van der Waals surface area contributed by atoms with Crippen LogP contribution in [0.4, 0.5) is 0 Å². The van der Waals surface area contributed by atoms with Gasteiger partial charge in [0.1, 0.15) is 0 Å². The Morgan fingerprint density at radius 3 is 2.00 bits per heavy atom. The van der Waals surface area contributed by atoms with E-state index in [0.717, 1.165) is 0 Å². The van der Waals surface area contributed by atoms with E-state index < -0.39 is 5.97 Å². The van der Waals surface area contributed by atoms with E-state index in [1.807, 2.05) is 0 Å². The van der Waals surface area contributed by atoms with Gasteiger partial charge >= 0.3 is 0 Å². The first-order valence-electron chi connectivity index (χ1n) is 1.47. The fourth-order valence-corrected chi connectivity index (χ4v) is 0. The van der Waals surface area contributed by atoms with E-state index in [9.17, 15) is 9.90 Å². The molecule has 0 aromatic rings. The number of aliphatic carboxylic acids is 1. The van der Waals surface area contributed by atoms with E-state index in [4.69, 9.17) is 0 Å². The zero-order valence-electron chi connectivity index (χ0n) is 3.47. The molecular formula is C3H7IO2. The molecule has 0 saturated heterocycles. The van der Waals surface area contributed by atoms with Crippen molar-refractivity contribution in [3.05, 3.63) is 0 Å². The molecule has 0 fully saturated rings. The maximum atomic E-state index is 9.26. The van der Waals surface area contributed by atoms with Crippen molar-refractivity contribution in [1.29, 1.82) is 0 Å². The number of rotatable bonds is 1. The smallest absolute Gasteiger partial charge is 0.235 e. The van der Waals surface area contributed by atoms with Crippen molar-refractivity contribution in [1.82, 2.24) is 0 Å². The molecular weight excluding hydrogens is 195 g/mol. The topological polar surface area (TPSA) is 40.1 Å². The lowest BCUT2D eigenvalue weighted by Gasteiger charge is -1.87. The number of carbonyl (C=O) groups excluding carboxylic acids is 1. The van der Waals surface area contributed by atoms with Crippen LogP contribution >= 0.6 is 0 Å². The monoisotopic (exact) mass is 202 g/mol. The van der Waals surface area contributed by atoms with Crippen LogP contribution in [0.5, 0.6) is 0 Å². The molecule has 0 aliphatic heterocycles. The summed E-state index contributed by atoms with van der Waals surface area (Å²) < 4.78 is 0. The average molecular weight is 202 g/mol. The minimum absolute atomic E-state index is 0. The molecule has 0 aliphatic carbocycles. The third-order valence-electron chi connectivity index (χ3n) is 0.289. The number of hydrogen-bond acceptors (Lipinski definition) is 2. The molecule has 0 saturated carbocycles. The van der Waals surface area contributed by atoms with Gasteiger partial charge in [0.25, 0.3) is 0 Å². The van der Waals surface area contributed by atoms with Gasteiger partial charge in [-0.2, -0.15) is 0 Å². The number of carboxylic acid groups (broad SMARTS) is 1. The van der Waals surface area contributed by atoms with Crippen molar-refractivity contribution in [2.24, 2.45) is 0 Å². The van der Waals surface area contributed by atoms with Crippen LogP contribution < -0.4 is 29.1 Å². The number of carboxylic acids is 1. The second-order valence-corrected chi connectivity index (χ2v) is 0.726. The highest BCUT2D eigenvalue weighted by Crippen LogP contribution is 1.61. The molecule has 0 unspecified atom stereocenters. The van der Waals surface area contributed by atoms with Crippen LogP contribution in [-0.4, -0.2) is 5.97 Å². The second kappa shape index (κ2) is 5.20. The standard InChI is InChI=1S/C3H6O2.H2I/c1-2-3(4)5;/h2H2,1H3,(H,4,5);1H2/q;+1/p-1. The lowest BCUT2D eigenvalue weighted by atomic mass is 10.5. The van der Waals surface area contributed by atoms with Crippen molar-refractivity contribution in [2.45, 2.75) is 13.3 Å². The zero-order chi connectivity index (χ0) is 4.28. The maximum Gasteiger partial charge on any atom is 0.235 e. The molecule has 0 N–H and O–H groups in total. The Labute approximate surface area is 53.6 Å². The summed E-state index contributed by atoms with van der Waals surface area (Å²) >= 11 is 0. The summed E-state index contributed by atoms with van der Waals surface area (Å²) in [7, 11) is 0. The second-order valence-electron chi connectivity index (χ2n) is 0.726. The van der Waals surface area contributed by atoms with Crippen molar-refractivity contribution in [3.8, 4) is 0 Å². The Kier molecular flexibility index (Phi) is 8.24. The van der Waals surface area contributed by atoms with Crippen LogP contribution in [0.15, 0.2) is 0 Å². The Morgan fingerprint density at radius 2 is 2.00 bits per heavy atom. The molecule has 0 spiro atoms. The highest BCUT2D eigenvalue weighted by molar-refractivity contribution is 5.63. The molecule has 0 aromatic heterocycles. The van der Waals surface area contributed by atoms with Crippen molar-refractivity contribution in [3.63, 3.8) is 0 Å². The van der Waals surface area contributed by atoms with E-state index in [1.54, 1.807) is 0 Å². The van der Waals surface area contributed by atoms with Crippen LogP contribution in [0.1, 0.15) is 13.3 Å². The Bertz CT molecular complexity index is 44.1. The summed E-state index contributed by atoms with van der Waals surface area (Å²) in [6, 6.07) is 0. The Balaban J connectivity index is 0. The summed E-state index contributed by atoms with van der Waals surface area (Å²) in [6.45, 7) is 1.54. The van der Waals surface area contributed by atoms with Gasteiger partial charge in [0.2, 0.25) is 24.0 Å². The van der Waals surface area contributed by atoms with Crippen molar-refractivity contribution >= 4 is 5.97 Å². The zero-order valence-corrected chi connectivity index (χ0v) is 6.02. The van der Waals surface area contributed by atoms with Gasteiger partial charge in [0, 0.05) is 5.97 Å². The summed E-state index contributed by atoms with van der Waals surface area (Å²) in [4.78, 5) is 9.26. The molecule has 0 aromatic carbocycles. The van der Waals surface area contributed by atoms with Gasteiger partial charge in [-0.15, -0.1) is 0 Å². The molecule has 0 bridgehead atoms. The van der Waals surface area contributed by atoms with Gasteiger partial charge in [-0.25, -0.2) is 0 Å². The van der Waals surface area contributed by atoms with Gasteiger partial charge in [0.15, 0.2) is 0 Å². The Morgan fingerprint density at radius 1 is 1.83 bits per heavy atom. The van der Waals surface area contributed by atoms with E-state index in [1.165, 1.54) is 6.92 Å². The molecule has 38 valence electrons. The molecule has 0 rings (SSSR count). The highest BCUT2D eigenvalue weighted by Gasteiger charge is 1.65. The Hall–Kier alpha value is 0.200. The molecule has 6 heavy (non-hydrogen) atoms. The minimum atomic E-state index is -0.995. The van der Waals surface area contributed by atoms with E-state index >= 15 is 0 Å². The van der Waals surface area contributed by atoms with E-state index in [-0.39, 0.29) is 30.4 Å².